The van der Waals surface area contributed by atoms with Crippen LogP contribution in [0.3, 0.4) is 0 Å². The second-order valence-electron chi connectivity index (χ2n) is 4.08. The molecule has 0 bridgehead atoms. The van der Waals surface area contributed by atoms with Gasteiger partial charge < -0.3 is 9.47 Å². The molecule has 0 N–H and O–H groups in total. The molecule has 1 unspecified atom stereocenters. The van der Waals surface area contributed by atoms with Gasteiger partial charge in [0.2, 0.25) is 6.23 Å². The van der Waals surface area contributed by atoms with Gasteiger partial charge in [0, 0.05) is 7.05 Å². The van der Waals surface area contributed by atoms with Crippen molar-refractivity contribution in [3.05, 3.63) is 29.3 Å². The summed E-state index contributed by atoms with van der Waals surface area (Å²) in [5, 5.41) is 0. The van der Waals surface area contributed by atoms with E-state index in [1.165, 1.54) is 4.90 Å². The number of amides is 1. The minimum atomic E-state index is -0.339. The zero-order valence-electron chi connectivity index (χ0n) is 9.69. The number of carbonyl (C=O) groups is 1. The minimum absolute atomic E-state index is 0.280. The fourth-order valence-corrected chi connectivity index (χ4v) is 1.74. The first kappa shape index (κ1) is 10.8. The van der Waals surface area contributed by atoms with Crippen LogP contribution in [0.5, 0.6) is 5.75 Å². The van der Waals surface area contributed by atoms with E-state index in [0.717, 1.165) is 16.9 Å². The van der Waals surface area contributed by atoms with Gasteiger partial charge in [-0.1, -0.05) is 6.07 Å². The van der Waals surface area contributed by atoms with Crippen molar-refractivity contribution in [3.8, 4) is 5.75 Å². The van der Waals surface area contributed by atoms with Crippen molar-refractivity contribution < 1.29 is 14.3 Å². The van der Waals surface area contributed by atoms with Gasteiger partial charge in [-0.15, -0.1) is 0 Å². The minimum Gasteiger partial charge on any atom is -0.467 e. The number of likely N-dealkylation sites (N-methyl/N-ethyl adjacent to an activating group) is 1. The van der Waals surface area contributed by atoms with Crippen molar-refractivity contribution in [2.75, 3.05) is 13.7 Å². The standard InChI is InChI=1S/C12H15NO3/c1-8-4-9(2)6-10(5-8)16-11-7-15-12(14)13(11)3/h4-6,11H,7H2,1-3H3. The van der Waals surface area contributed by atoms with E-state index in [2.05, 4.69) is 6.07 Å². The summed E-state index contributed by atoms with van der Waals surface area (Å²) < 4.78 is 10.6. The lowest BCUT2D eigenvalue weighted by atomic mass is 10.1. The number of hydrogen-bond acceptors (Lipinski definition) is 3. The van der Waals surface area contributed by atoms with Crippen molar-refractivity contribution in [2.45, 2.75) is 20.1 Å². The van der Waals surface area contributed by atoms with Gasteiger partial charge in [0.1, 0.15) is 12.4 Å². The number of carbonyl (C=O) groups excluding carboxylic acids is 1. The van der Waals surface area contributed by atoms with Crippen LogP contribution in [0.15, 0.2) is 18.2 Å². The highest BCUT2D eigenvalue weighted by atomic mass is 16.6. The van der Waals surface area contributed by atoms with Crippen molar-refractivity contribution in [1.29, 1.82) is 0 Å². The first-order valence-corrected chi connectivity index (χ1v) is 5.21. The summed E-state index contributed by atoms with van der Waals surface area (Å²) in [6.07, 6.45) is -0.664. The highest BCUT2D eigenvalue weighted by Crippen LogP contribution is 2.20. The molecule has 4 heteroatoms. The smallest absolute Gasteiger partial charge is 0.412 e. The Labute approximate surface area is 94.8 Å². The lowest BCUT2D eigenvalue weighted by Gasteiger charge is -2.18. The van der Waals surface area contributed by atoms with Gasteiger partial charge in [-0.3, -0.25) is 4.90 Å². The first-order valence-electron chi connectivity index (χ1n) is 5.21. The van der Waals surface area contributed by atoms with Crippen LogP contribution in [-0.4, -0.2) is 30.9 Å². The molecule has 16 heavy (non-hydrogen) atoms. The van der Waals surface area contributed by atoms with Crippen molar-refractivity contribution in [1.82, 2.24) is 4.90 Å². The van der Waals surface area contributed by atoms with Crippen molar-refractivity contribution in [2.24, 2.45) is 0 Å². The number of benzene rings is 1. The predicted molar refractivity (Wildman–Crippen MR) is 59.4 cm³/mol. The number of nitrogens with zero attached hydrogens (tertiary/aromatic N) is 1. The molecule has 1 aliphatic rings. The Morgan fingerprint density at radius 3 is 2.44 bits per heavy atom. The second-order valence-corrected chi connectivity index (χ2v) is 4.08. The SMILES string of the molecule is Cc1cc(C)cc(OC2COC(=O)N2C)c1. The molecule has 0 aromatic heterocycles. The zero-order chi connectivity index (χ0) is 11.7. The van der Waals surface area contributed by atoms with E-state index in [4.69, 9.17) is 9.47 Å². The molecule has 0 saturated carbocycles. The summed E-state index contributed by atoms with van der Waals surface area (Å²) in [6.45, 7) is 4.31. The average Bonchev–Trinajstić information content (AvgIpc) is 2.48. The molecule has 1 heterocycles. The van der Waals surface area contributed by atoms with E-state index >= 15 is 0 Å². The van der Waals surface area contributed by atoms with Crippen LogP contribution in [0, 0.1) is 13.8 Å². The van der Waals surface area contributed by atoms with Crippen molar-refractivity contribution in [3.63, 3.8) is 0 Å². The Bertz CT molecular complexity index is 396. The second kappa shape index (κ2) is 4.04. The Kier molecular flexibility index (Phi) is 2.73. The normalized spacial score (nSPS) is 19.8. The third-order valence-corrected chi connectivity index (χ3v) is 2.54. The van der Waals surface area contributed by atoms with E-state index in [-0.39, 0.29) is 18.9 Å². The van der Waals surface area contributed by atoms with E-state index in [1.54, 1.807) is 7.05 Å². The molecule has 0 spiro atoms. The van der Waals surface area contributed by atoms with E-state index in [0.29, 0.717) is 0 Å². The largest absolute Gasteiger partial charge is 0.467 e. The number of hydrogen-bond donors (Lipinski definition) is 0. The lowest BCUT2D eigenvalue weighted by molar-refractivity contribution is 0.0980. The molecule has 0 radical (unpaired) electrons. The van der Waals surface area contributed by atoms with Gasteiger partial charge >= 0.3 is 6.09 Å². The summed E-state index contributed by atoms with van der Waals surface area (Å²) >= 11 is 0. The molecular weight excluding hydrogens is 206 g/mol. The Morgan fingerprint density at radius 1 is 1.31 bits per heavy atom. The summed E-state index contributed by atoms with van der Waals surface area (Å²) in [7, 11) is 1.67. The third-order valence-electron chi connectivity index (χ3n) is 2.54. The monoisotopic (exact) mass is 221 g/mol. The molecule has 1 aromatic carbocycles. The third kappa shape index (κ3) is 2.10. The molecule has 1 fully saturated rings. The van der Waals surface area contributed by atoms with Gasteiger partial charge in [0.15, 0.2) is 0 Å². The number of cyclic esters (lactones) is 1. The fourth-order valence-electron chi connectivity index (χ4n) is 1.74. The molecule has 86 valence electrons. The Morgan fingerprint density at radius 2 is 1.94 bits per heavy atom. The molecule has 1 saturated heterocycles. The van der Waals surface area contributed by atoms with Crippen LogP contribution in [0.2, 0.25) is 0 Å². The summed E-state index contributed by atoms with van der Waals surface area (Å²) in [5.74, 6) is 0.771. The van der Waals surface area contributed by atoms with Crippen LogP contribution >= 0.6 is 0 Å². The van der Waals surface area contributed by atoms with Gasteiger partial charge in [-0.2, -0.15) is 0 Å². The van der Waals surface area contributed by atoms with Crippen LogP contribution in [0.4, 0.5) is 4.79 Å². The first-order chi connectivity index (χ1) is 7.56. The van der Waals surface area contributed by atoms with Gasteiger partial charge in [-0.25, -0.2) is 4.79 Å². The number of aryl methyl sites for hydroxylation is 2. The zero-order valence-corrected chi connectivity index (χ0v) is 9.69. The van der Waals surface area contributed by atoms with E-state index < -0.39 is 0 Å². The van der Waals surface area contributed by atoms with Crippen LogP contribution in [0.25, 0.3) is 0 Å². The molecule has 1 aromatic rings. The van der Waals surface area contributed by atoms with Crippen LogP contribution < -0.4 is 4.74 Å². The number of rotatable bonds is 2. The maximum Gasteiger partial charge on any atom is 0.412 e. The van der Waals surface area contributed by atoms with Crippen molar-refractivity contribution >= 4 is 6.09 Å². The molecule has 1 aliphatic heterocycles. The summed E-state index contributed by atoms with van der Waals surface area (Å²) in [5.41, 5.74) is 2.28. The number of ether oxygens (including phenoxy) is 2. The van der Waals surface area contributed by atoms with Gasteiger partial charge in [0.05, 0.1) is 0 Å². The Hall–Kier alpha value is -1.71. The summed E-state index contributed by atoms with van der Waals surface area (Å²) in [4.78, 5) is 12.6. The fraction of sp³-hybridized carbons (Fsp3) is 0.417. The molecule has 2 rings (SSSR count). The van der Waals surface area contributed by atoms with E-state index in [1.807, 2.05) is 26.0 Å². The molecular formula is C12H15NO3. The van der Waals surface area contributed by atoms with Gasteiger partial charge in [-0.05, 0) is 37.1 Å². The average molecular weight is 221 g/mol. The van der Waals surface area contributed by atoms with E-state index in [9.17, 15) is 4.79 Å². The van der Waals surface area contributed by atoms with Crippen LogP contribution in [-0.2, 0) is 4.74 Å². The quantitative estimate of drug-likeness (QED) is 0.767. The topological polar surface area (TPSA) is 38.8 Å². The summed E-state index contributed by atoms with van der Waals surface area (Å²) in [6, 6.07) is 5.97. The maximum absolute atomic E-state index is 11.1. The highest BCUT2D eigenvalue weighted by Gasteiger charge is 2.31. The highest BCUT2D eigenvalue weighted by molar-refractivity contribution is 5.69. The molecule has 4 nitrogen and oxygen atoms in total. The van der Waals surface area contributed by atoms with Gasteiger partial charge in [0.25, 0.3) is 0 Å². The molecule has 1 amide bonds. The predicted octanol–water partition coefficient (Wildman–Crippen LogP) is 2.09. The molecule has 0 aliphatic carbocycles. The molecule has 1 atom stereocenters. The maximum atomic E-state index is 11.1. The lowest BCUT2D eigenvalue weighted by Crippen LogP contribution is -2.34. The van der Waals surface area contributed by atoms with Crippen LogP contribution in [0.1, 0.15) is 11.1 Å². The Balaban J connectivity index is 2.12.